The maximum absolute atomic E-state index is 13.6. The lowest BCUT2D eigenvalue weighted by atomic mass is 10.1. The maximum Gasteiger partial charge on any atom is 0.329 e. The van der Waals surface area contributed by atoms with E-state index in [1.807, 2.05) is 43.3 Å². The predicted octanol–water partition coefficient (Wildman–Crippen LogP) is 1.87. The van der Waals surface area contributed by atoms with Crippen molar-refractivity contribution in [3.8, 4) is 5.75 Å². The molecule has 0 radical (unpaired) electrons. The van der Waals surface area contributed by atoms with E-state index in [4.69, 9.17) is 9.47 Å². The Labute approximate surface area is 197 Å². The van der Waals surface area contributed by atoms with Crippen LogP contribution in [0, 0.1) is 0 Å². The van der Waals surface area contributed by atoms with Crippen LogP contribution in [-0.4, -0.2) is 64.8 Å². The van der Waals surface area contributed by atoms with Gasteiger partial charge in [-0.05, 0) is 30.7 Å². The molecule has 1 atom stereocenters. The molecule has 0 aliphatic carbocycles. The third-order valence-corrected chi connectivity index (χ3v) is 6.34. The Kier molecular flexibility index (Phi) is 6.10. The lowest BCUT2D eigenvalue weighted by Crippen LogP contribution is -2.54. The van der Waals surface area contributed by atoms with Crippen LogP contribution in [0.5, 0.6) is 5.75 Å². The van der Waals surface area contributed by atoms with Crippen LogP contribution in [0.25, 0.3) is 11.0 Å². The van der Waals surface area contributed by atoms with Gasteiger partial charge in [-0.3, -0.25) is 18.7 Å². The highest BCUT2D eigenvalue weighted by molar-refractivity contribution is 5.97. The average molecular weight is 465 g/mol. The van der Waals surface area contributed by atoms with E-state index in [1.165, 1.54) is 4.57 Å². The van der Waals surface area contributed by atoms with Gasteiger partial charge in [-0.2, -0.15) is 0 Å². The second-order valence-corrected chi connectivity index (χ2v) is 8.53. The number of hydrogen-bond donors (Lipinski definition) is 0. The Morgan fingerprint density at radius 3 is 2.38 bits per heavy atom. The lowest BCUT2D eigenvalue weighted by Gasteiger charge is -2.37. The summed E-state index contributed by atoms with van der Waals surface area (Å²) in [6, 6.07) is 14.7. The van der Waals surface area contributed by atoms with E-state index in [1.54, 1.807) is 26.5 Å². The second-order valence-electron chi connectivity index (χ2n) is 8.53. The highest BCUT2D eigenvalue weighted by atomic mass is 16.5. The number of carbonyl (C=O) groups excluding carboxylic acids is 2. The molecule has 5 rings (SSSR count). The molecule has 0 saturated carbocycles. The van der Waals surface area contributed by atoms with Crippen molar-refractivity contribution >= 4 is 28.5 Å². The Hall–Kier alpha value is -3.59. The number of para-hydroxylation sites is 4. The van der Waals surface area contributed by atoms with Crippen molar-refractivity contribution in [1.82, 2.24) is 14.0 Å². The molecule has 0 bridgehead atoms. The van der Waals surface area contributed by atoms with Crippen molar-refractivity contribution in [3.63, 3.8) is 0 Å². The van der Waals surface area contributed by atoms with Crippen LogP contribution >= 0.6 is 0 Å². The van der Waals surface area contributed by atoms with E-state index in [-0.39, 0.29) is 30.6 Å². The Morgan fingerprint density at radius 2 is 1.65 bits per heavy atom. The van der Waals surface area contributed by atoms with Crippen LogP contribution in [0.15, 0.2) is 53.3 Å². The van der Waals surface area contributed by atoms with Gasteiger partial charge in [0, 0.05) is 19.6 Å². The van der Waals surface area contributed by atoms with Gasteiger partial charge < -0.3 is 19.3 Å². The minimum atomic E-state index is -0.810. The number of benzene rings is 2. The topological polar surface area (TPSA) is 86.0 Å². The van der Waals surface area contributed by atoms with E-state index >= 15 is 0 Å². The zero-order valence-electron chi connectivity index (χ0n) is 19.2. The molecule has 2 aliphatic heterocycles. The van der Waals surface area contributed by atoms with Crippen LogP contribution < -0.4 is 15.3 Å². The largest absolute Gasteiger partial charge is 0.476 e. The van der Waals surface area contributed by atoms with Gasteiger partial charge in [0.1, 0.15) is 12.3 Å². The number of anilines is 1. The Bertz CT molecular complexity index is 1270. The van der Waals surface area contributed by atoms with Gasteiger partial charge in [0.05, 0.1) is 36.5 Å². The summed E-state index contributed by atoms with van der Waals surface area (Å²) in [7, 11) is 0. The van der Waals surface area contributed by atoms with Crippen molar-refractivity contribution in [2.75, 3.05) is 37.7 Å². The van der Waals surface area contributed by atoms with Gasteiger partial charge in [-0.25, -0.2) is 4.79 Å². The minimum Gasteiger partial charge on any atom is -0.476 e. The minimum absolute atomic E-state index is 0.0917. The predicted molar refractivity (Wildman–Crippen MR) is 127 cm³/mol. The zero-order valence-corrected chi connectivity index (χ0v) is 19.2. The first-order valence-electron chi connectivity index (χ1n) is 11.7. The summed E-state index contributed by atoms with van der Waals surface area (Å²) in [5.41, 5.74) is 1.92. The number of imidazole rings is 1. The lowest BCUT2D eigenvalue weighted by molar-refractivity contribution is -0.142. The van der Waals surface area contributed by atoms with Crippen LogP contribution in [0.2, 0.25) is 0 Å². The fraction of sp³-hybridized carbons (Fsp3) is 0.400. The zero-order chi connectivity index (χ0) is 23.7. The van der Waals surface area contributed by atoms with Gasteiger partial charge in [-0.15, -0.1) is 0 Å². The summed E-state index contributed by atoms with van der Waals surface area (Å²) in [5.74, 6) is 0.0545. The number of aryl methyl sites for hydroxylation is 1. The molecule has 34 heavy (non-hydrogen) atoms. The van der Waals surface area contributed by atoms with Crippen LogP contribution in [-0.2, 0) is 27.4 Å². The van der Waals surface area contributed by atoms with Crippen molar-refractivity contribution in [1.29, 1.82) is 0 Å². The molecule has 2 amide bonds. The standard InChI is InChI=1S/C25H28N4O5/c1-2-11-27-18-7-3-4-8-19(18)29(25(27)32)17-23(30)28-16-22(24(31)26-12-14-33-15-13-26)34-21-10-6-5-9-20(21)28/h3-10,22H,2,11-17H2,1H3. The molecule has 1 saturated heterocycles. The first-order valence-corrected chi connectivity index (χ1v) is 11.7. The highest BCUT2D eigenvalue weighted by Gasteiger charge is 2.36. The van der Waals surface area contributed by atoms with E-state index in [0.717, 1.165) is 17.5 Å². The molecule has 9 heteroatoms. The summed E-state index contributed by atoms with van der Waals surface area (Å²) < 4.78 is 14.6. The van der Waals surface area contributed by atoms with Crippen LogP contribution in [0.1, 0.15) is 13.3 Å². The average Bonchev–Trinajstić information content (AvgIpc) is 3.14. The summed E-state index contributed by atoms with van der Waals surface area (Å²) in [4.78, 5) is 43.2. The molecule has 3 aromatic rings. The number of morpholine rings is 1. The van der Waals surface area contributed by atoms with E-state index in [0.29, 0.717) is 44.3 Å². The van der Waals surface area contributed by atoms with Gasteiger partial charge in [0.15, 0.2) is 6.10 Å². The molecule has 9 nitrogen and oxygen atoms in total. The number of carbonyl (C=O) groups is 2. The number of hydrogen-bond acceptors (Lipinski definition) is 5. The Morgan fingerprint density at radius 1 is 0.971 bits per heavy atom. The van der Waals surface area contributed by atoms with Gasteiger partial charge in [0.25, 0.3) is 5.91 Å². The smallest absolute Gasteiger partial charge is 0.329 e. The van der Waals surface area contributed by atoms with E-state index in [9.17, 15) is 14.4 Å². The summed E-state index contributed by atoms with van der Waals surface area (Å²) >= 11 is 0. The first-order chi connectivity index (χ1) is 16.6. The van der Waals surface area contributed by atoms with Crippen LogP contribution in [0.4, 0.5) is 5.69 Å². The van der Waals surface area contributed by atoms with Crippen molar-refractivity contribution in [3.05, 3.63) is 59.0 Å². The second kappa shape index (κ2) is 9.34. The summed E-state index contributed by atoms with van der Waals surface area (Å²) in [5, 5.41) is 0. The van der Waals surface area contributed by atoms with Gasteiger partial charge in [-0.1, -0.05) is 31.2 Å². The molecule has 178 valence electrons. The molecule has 1 fully saturated rings. The number of fused-ring (bicyclic) bond motifs is 2. The van der Waals surface area contributed by atoms with Gasteiger partial charge >= 0.3 is 5.69 Å². The third kappa shape index (κ3) is 3.96. The van der Waals surface area contributed by atoms with E-state index in [2.05, 4.69) is 0 Å². The summed E-state index contributed by atoms with van der Waals surface area (Å²) in [6.07, 6.45) is -0.000532. The first kappa shape index (κ1) is 22.2. The number of amides is 2. The molecule has 2 aliphatic rings. The number of nitrogens with zero attached hydrogens (tertiary/aromatic N) is 4. The number of aromatic nitrogens is 2. The SMILES string of the molecule is CCCn1c(=O)n(CC(=O)N2CC(C(=O)N3CCOCC3)Oc3ccccc32)c2ccccc21. The third-order valence-electron chi connectivity index (χ3n) is 6.34. The summed E-state index contributed by atoms with van der Waals surface area (Å²) in [6.45, 7) is 4.54. The molecular weight excluding hydrogens is 436 g/mol. The number of rotatable bonds is 5. The quantitative estimate of drug-likeness (QED) is 0.576. The molecule has 0 N–H and O–H groups in total. The van der Waals surface area contributed by atoms with Crippen molar-refractivity contribution in [2.45, 2.75) is 32.5 Å². The molecule has 1 unspecified atom stereocenters. The fourth-order valence-electron chi connectivity index (χ4n) is 4.67. The molecule has 1 aromatic heterocycles. The molecule has 2 aromatic carbocycles. The van der Waals surface area contributed by atoms with Crippen molar-refractivity contribution < 1.29 is 19.1 Å². The Balaban J connectivity index is 1.46. The van der Waals surface area contributed by atoms with Gasteiger partial charge in [0.2, 0.25) is 5.91 Å². The maximum atomic E-state index is 13.6. The molecular formula is C25H28N4O5. The number of ether oxygens (including phenoxy) is 2. The van der Waals surface area contributed by atoms with E-state index < -0.39 is 6.10 Å². The normalized spacial score (nSPS) is 18.0. The monoisotopic (exact) mass is 464 g/mol. The van der Waals surface area contributed by atoms with Crippen LogP contribution in [0.3, 0.4) is 0 Å². The molecule has 3 heterocycles. The van der Waals surface area contributed by atoms with Crippen molar-refractivity contribution in [2.24, 2.45) is 0 Å². The fourth-order valence-corrected chi connectivity index (χ4v) is 4.67. The molecule has 0 spiro atoms. The highest BCUT2D eigenvalue weighted by Crippen LogP contribution is 2.34.